The van der Waals surface area contributed by atoms with Crippen molar-refractivity contribution in [3.63, 3.8) is 0 Å². The highest BCUT2D eigenvalue weighted by molar-refractivity contribution is 7.85. The van der Waals surface area contributed by atoms with Crippen LogP contribution in [0.3, 0.4) is 0 Å². The minimum atomic E-state index is -4.31. The summed E-state index contributed by atoms with van der Waals surface area (Å²) in [7, 11) is -2.56. The zero-order chi connectivity index (χ0) is 11.2. The number of benzene rings is 1. The predicted molar refractivity (Wildman–Crippen MR) is 53.3 cm³/mol. The highest BCUT2D eigenvalue weighted by atomic mass is 32.2. The van der Waals surface area contributed by atoms with E-state index in [0.717, 1.165) is 5.56 Å². The van der Waals surface area contributed by atoms with Gasteiger partial charge in [-0.25, -0.2) is 8.42 Å². The smallest absolute Gasteiger partial charge is 0.124 e. The topological polar surface area (TPSA) is 84.8 Å². The second-order valence-corrected chi connectivity index (χ2v) is 3.61. The molecule has 0 unspecified atom stereocenters. The molecule has 0 atom stereocenters. The van der Waals surface area contributed by atoms with E-state index in [0.29, 0.717) is 0 Å². The Hall–Kier alpha value is -1.17. The molecule has 0 aliphatic rings. The van der Waals surface area contributed by atoms with E-state index in [1.165, 1.54) is 24.3 Å². The van der Waals surface area contributed by atoms with Crippen molar-refractivity contribution in [2.24, 2.45) is 0 Å². The third-order valence-corrected chi connectivity index (χ3v) is 2.25. The third kappa shape index (κ3) is 3.69. The van der Waals surface area contributed by atoms with Gasteiger partial charge in [-0.3, -0.25) is 0 Å². The molecule has 1 aromatic rings. The van der Waals surface area contributed by atoms with Crippen LogP contribution in [0.1, 0.15) is 5.56 Å². The van der Waals surface area contributed by atoms with Crippen LogP contribution < -0.4 is 5.73 Å². The Morgan fingerprint density at radius 1 is 1.29 bits per heavy atom. The lowest BCUT2D eigenvalue weighted by molar-refractivity contribution is -0.325. The Morgan fingerprint density at radius 3 is 2.00 bits per heavy atom. The molecule has 0 spiro atoms. The molecule has 0 bridgehead atoms. The lowest BCUT2D eigenvalue weighted by Gasteiger charge is -2.05. The van der Waals surface area contributed by atoms with Gasteiger partial charge in [0.15, 0.2) is 0 Å². The number of hydrogen-bond acceptors (Lipinski definition) is 3. The standard InChI is InChI=1S/C8H8O3S.CH5N/c1-2-7-3-5-8(6-4-7)12(9,10)11;1-2/h2-6H,1H2,(H,9,10,11);2H2,1H3. The predicted octanol–water partition coefficient (Wildman–Crippen LogP) is 0.0918. The van der Waals surface area contributed by atoms with Crippen molar-refractivity contribution in [2.45, 2.75) is 4.90 Å². The molecule has 0 radical (unpaired) electrons. The fourth-order valence-electron chi connectivity index (χ4n) is 0.771. The van der Waals surface area contributed by atoms with Crippen LogP contribution in [0.4, 0.5) is 0 Å². The van der Waals surface area contributed by atoms with Gasteiger partial charge in [0.1, 0.15) is 10.1 Å². The normalized spacial score (nSPS) is 9.93. The number of hydrogen-bond donors (Lipinski definition) is 1. The van der Waals surface area contributed by atoms with Crippen molar-refractivity contribution in [2.75, 3.05) is 7.05 Å². The van der Waals surface area contributed by atoms with Crippen molar-refractivity contribution in [1.29, 1.82) is 0 Å². The summed E-state index contributed by atoms with van der Waals surface area (Å²) in [6.07, 6.45) is 1.57. The first-order valence-electron chi connectivity index (χ1n) is 3.93. The van der Waals surface area contributed by atoms with E-state index >= 15 is 0 Å². The second-order valence-electron chi connectivity index (χ2n) is 2.23. The van der Waals surface area contributed by atoms with E-state index in [4.69, 9.17) is 0 Å². The Balaban J connectivity index is 0.000000791. The molecule has 0 aliphatic carbocycles. The van der Waals surface area contributed by atoms with Gasteiger partial charge in [-0.15, -0.1) is 0 Å². The molecule has 1 aromatic carbocycles. The molecule has 4 nitrogen and oxygen atoms in total. The first-order chi connectivity index (χ1) is 6.54. The Labute approximate surface area is 83.8 Å². The first kappa shape index (κ1) is 12.8. The van der Waals surface area contributed by atoms with Crippen LogP contribution >= 0.6 is 0 Å². The van der Waals surface area contributed by atoms with Gasteiger partial charge in [0, 0.05) is 0 Å². The minimum Gasteiger partial charge on any atom is -0.744 e. The van der Waals surface area contributed by atoms with Crippen molar-refractivity contribution in [1.82, 2.24) is 0 Å². The zero-order valence-electron chi connectivity index (χ0n) is 7.93. The molecule has 0 heterocycles. The molecule has 1 rings (SSSR count). The summed E-state index contributed by atoms with van der Waals surface area (Å²) in [5.74, 6) is 0. The zero-order valence-corrected chi connectivity index (χ0v) is 8.75. The third-order valence-electron chi connectivity index (χ3n) is 1.40. The van der Waals surface area contributed by atoms with Crippen molar-refractivity contribution >= 4 is 16.2 Å². The van der Waals surface area contributed by atoms with E-state index < -0.39 is 10.1 Å². The van der Waals surface area contributed by atoms with Crippen LogP contribution in [0.15, 0.2) is 35.7 Å². The van der Waals surface area contributed by atoms with Crippen molar-refractivity contribution in [3.05, 3.63) is 36.4 Å². The lowest BCUT2D eigenvalue weighted by Crippen LogP contribution is -2.40. The summed E-state index contributed by atoms with van der Waals surface area (Å²) in [4.78, 5) is -0.215. The van der Waals surface area contributed by atoms with Gasteiger partial charge in [-0.1, -0.05) is 24.8 Å². The summed E-state index contributed by atoms with van der Waals surface area (Å²) in [6.45, 7) is 3.50. The molecule has 5 heteroatoms. The Morgan fingerprint density at radius 2 is 1.71 bits per heavy atom. The minimum absolute atomic E-state index is 0.215. The van der Waals surface area contributed by atoms with E-state index in [1.807, 2.05) is 0 Å². The fourth-order valence-corrected chi connectivity index (χ4v) is 1.24. The van der Waals surface area contributed by atoms with Gasteiger partial charge in [0.2, 0.25) is 0 Å². The van der Waals surface area contributed by atoms with Crippen molar-refractivity contribution in [3.8, 4) is 0 Å². The van der Waals surface area contributed by atoms with Crippen LogP contribution in [0, 0.1) is 0 Å². The fraction of sp³-hybridized carbons (Fsp3) is 0.111. The number of rotatable bonds is 2. The average molecular weight is 215 g/mol. The molecule has 14 heavy (non-hydrogen) atoms. The summed E-state index contributed by atoms with van der Waals surface area (Å²) in [5, 5.41) is 0. The number of quaternary nitrogens is 1. The molecule has 78 valence electrons. The molecule has 0 saturated carbocycles. The van der Waals surface area contributed by atoms with Gasteiger partial charge in [-0.2, -0.15) is 0 Å². The van der Waals surface area contributed by atoms with E-state index in [2.05, 4.69) is 12.3 Å². The summed E-state index contributed by atoms with van der Waals surface area (Å²) < 4.78 is 31.4. The molecular formula is C9H13NO3S. The Kier molecular flexibility index (Phi) is 5.07. The molecule has 0 saturated heterocycles. The molecular weight excluding hydrogens is 202 g/mol. The first-order valence-corrected chi connectivity index (χ1v) is 5.34. The van der Waals surface area contributed by atoms with Gasteiger partial charge in [0.25, 0.3) is 0 Å². The van der Waals surface area contributed by atoms with E-state index in [1.54, 1.807) is 13.1 Å². The summed E-state index contributed by atoms with van der Waals surface area (Å²) >= 11 is 0. The van der Waals surface area contributed by atoms with Crippen LogP contribution in [0.25, 0.3) is 6.08 Å². The van der Waals surface area contributed by atoms with E-state index in [-0.39, 0.29) is 4.90 Å². The largest absolute Gasteiger partial charge is 0.744 e. The maximum atomic E-state index is 10.5. The second kappa shape index (κ2) is 5.54. The van der Waals surface area contributed by atoms with Gasteiger partial charge in [-0.05, 0) is 17.7 Å². The molecule has 0 aromatic heterocycles. The van der Waals surface area contributed by atoms with Gasteiger partial charge >= 0.3 is 0 Å². The van der Waals surface area contributed by atoms with Crippen LogP contribution in [0.2, 0.25) is 0 Å². The highest BCUT2D eigenvalue weighted by Gasteiger charge is 1.98. The molecule has 3 N–H and O–H groups in total. The van der Waals surface area contributed by atoms with Crippen molar-refractivity contribution < 1.29 is 18.7 Å². The lowest BCUT2D eigenvalue weighted by atomic mass is 10.2. The molecule has 0 amide bonds. The maximum absolute atomic E-state index is 10.5. The summed E-state index contributed by atoms with van der Waals surface area (Å²) in [5.41, 5.74) is 4.03. The maximum Gasteiger partial charge on any atom is 0.124 e. The monoisotopic (exact) mass is 215 g/mol. The SMILES string of the molecule is C=Cc1ccc(S(=O)(=O)[O-])cc1.C[NH3+]. The van der Waals surface area contributed by atoms with Gasteiger partial charge < -0.3 is 10.3 Å². The van der Waals surface area contributed by atoms with Gasteiger partial charge in [0.05, 0.1) is 11.9 Å². The molecule has 0 aliphatic heterocycles. The summed E-state index contributed by atoms with van der Waals surface area (Å²) in [6, 6.07) is 5.58. The highest BCUT2D eigenvalue weighted by Crippen LogP contribution is 2.10. The van der Waals surface area contributed by atoms with Crippen LogP contribution in [-0.4, -0.2) is 20.0 Å². The van der Waals surface area contributed by atoms with Crippen LogP contribution in [-0.2, 0) is 10.1 Å². The Bertz CT molecular complexity index is 381. The average Bonchev–Trinajstić information content (AvgIpc) is 2.20. The van der Waals surface area contributed by atoms with Crippen LogP contribution in [0.5, 0.6) is 0 Å². The quantitative estimate of drug-likeness (QED) is 0.709. The van der Waals surface area contributed by atoms with E-state index in [9.17, 15) is 13.0 Å². The molecule has 0 fully saturated rings.